The SMILES string of the molecule is O=C1C=NC(=O)O1. The summed E-state index contributed by atoms with van der Waals surface area (Å²) in [6.45, 7) is 0. The van der Waals surface area contributed by atoms with Crippen molar-refractivity contribution in [3.63, 3.8) is 0 Å². The van der Waals surface area contributed by atoms with Crippen LogP contribution >= 0.6 is 0 Å². The highest BCUT2D eigenvalue weighted by atomic mass is 16.6. The fourth-order valence-corrected chi connectivity index (χ4v) is 0.244. The van der Waals surface area contributed by atoms with E-state index < -0.39 is 12.1 Å². The number of aliphatic imine (C=N–C) groups is 1. The minimum absolute atomic E-state index is 0.690. The van der Waals surface area contributed by atoms with Crippen LogP contribution in [0.4, 0.5) is 4.79 Å². The molecule has 1 rings (SSSR count). The molecular weight excluding hydrogens is 98.0 g/mol. The number of carbonyl (C=O) groups excluding carboxylic acids is 2. The van der Waals surface area contributed by atoms with E-state index in [-0.39, 0.29) is 0 Å². The van der Waals surface area contributed by atoms with E-state index in [9.17, 15) is 9.59 Å². The minimum atomic E-state index is -0.829. The van der Waals surface area contributed by atoms with Crippen molar-refractivity contribution < 1.29 is 14.3 Å². The second kappa shape index (κ2) is 1.14. The molecule has 0 bridgehead atoms. The van der Waals surface area contributed by atoms with Gasteiger partial charge in [-0.15, -0.1) is 0 Å². The number of hydrogen-bond donors (Lipinski definition) is 0. The van der Waals surface area contributed by atoms with Crippen molar-refractivity contribution >= 4 is 18.3 Å². The zero-order valence-corrected chi connectivity index (χ0v) is 3.25. The van der Waals surface area contributed by atoms with Crippen LogP contribution in [-0.2, 0) is 9.53 Å². The summed E-state index contributed by atoms with van der Waals surface area (Å²) < 4.78 is 3.86. The molecule has 0 unspecified atom stereocenters. The first-order valence-corrected chi connectivity index (χ1v) is 1.59. The van der Waals surface area contributed by atoms with Crippen molar-refractivity contribution in [3.05, 3.63) is 0 Å². The van der Waals surface area contributed by atoms with Crippen molar-refractivity contribution in [2.45, 2.75) is 0 Å². The van der Waals surface area contributed by atoms with E-state index in [1.807, 2.05) is 0 Å². The number of esters is 1. The summed E-state index contributed by atoms with van der Waals surface area (Å²) in [4.78, 5) is 22.7. The lowest BCUT2D eigenvalue weighted by molar-refractivity contribution is -0.127. The summed E-state index contributed by atoms with van der Waals surface area (Å²) in [6, 6.07) is 0. The standard InChI is InChI=1S/C3HNO3/c5-2-1-4-3(6)7-2/h1H. The lowest BCUT2D eigenvalue weighted by atomic mass is 10.8. The largest absolute Gasteiger partial charge is 0.441 e. The Kier molecular flexibility index (Phi) is 0.651. The third-order valence-corrected chi connectivity index (χ3v) is 0.463. The highest BCUT2D eigenvalue weighted by molar-refractivity contribution is 6.30. The molecule has 0 saturated heterocycles. The summed E-state index contributed by atoms with van der Waals surface area (Å²) in [5, 5.41) is 0. The van der Waals surface area contributed by atoms with Crippen LogP contribution < -0.4 is 0 Å². The zero-order valence-electron chi connectivity index (χ0n) is 3.25. The van der Waals surface area contributed by atoms with E-state index in [1.54, 1.807) is 0 Å². The molecule has 0 aromatic heterocycles. The molecule has 4 heteroatoms. The molecule has 0 radical (unpaired) electrons. The van der Waals surface area contributed by atoms with Crippen molar-refractivity contribution in [3.8, 4) is 0 Å². The molecule has 0 spiro atoms. The molecule has 0 fully saturated rings. The Hall–Kier alpha value is -1.19. The van der Waals surface area contributed by atoms with Crippen LogP contribution in [0.5, 0.6) is 0 Å². The molecule has 0 aromatic rings. The van der Waals surface area contributed by atoms with Gasteiger partial charge in [0.25, 0.3) is 0 Å². The molecule has 0 saturated carbocycles. The van der Waals surface area contributed by atoms with E-state index in [0.29, 0.717) is 0 Å². The van der Waals surface area contributed by atoms with Crippen LogP contribution in [0.25, 0.3) is 0 Å². The average Bonchev–Trinajstić information content (AvgIpc) is 1.87. The Morgan fingerprint density at radius 2 is 2.29 bits per heavy atom. The van der Waals surface area contributed by atoms with Crippen molar-refractivity contribution in [1.82, 2.24) is 0 Å². The number of nitrogens with zero attached hydrogens (tertiary/aromatic N) is 1. The molecule has 4 nitrogen and oxygen atoms in total. The van der Waals surface area contributed by atoms with Crippen LogP contribution in [0.15, 0.2) is 4.99 Å². The smallest absolute Gasteiger partial charge is 0.370 e. The van der Waals surface area contributed by atoms with Gasteiger partial charge in [-0.25, -0.2) is 9.59 Å². The van der Waals surface area contributed by atoms with E-state index >= 15 is 0 Å². The summed E-state index contributed by atoms with van der Waals surface area (Å²) in [5.74, 6) is -0.690. The predicted molar refractivity (Wildman–Crippen MR) is 20.0 cm³/mol. The number of ether oxygens (including phenoxy) is 1. The fourth-order valence-electron chi connectivity index (χ4n) is 0.244. The Morgan fingerprint density at radius 1 is 1.57 bits per heavy atom. The number of carbonyl (C=O) groups is 2. The Balaban J connectivity index is 2.76. The minimum Gasteiger partial charge on any atom is -0.370 e. The third kappa shape index (κ3) is 0.623. The Labute approximate surface area is 38.8 Å². The van der Waals surface area contributed by atoms with Gasteiger partial charge >= 0.3 is 12.1 Å². The van der Waals surface area contributed by atoms with Crippen LogP contribution in [0.3, 0.4) is 0 Å². The van der Waals surface area contributed by atoms with Crippen LogP contribution in [-0.4, -0.2) is 18.3 Å². The van der Waals surface area contributed by atoms with Crippen molar-refractivity contribution in [2.24, 2.45) is 4.99 Å². The number of amides is 1. The van der Waals surface area contributed by atoms with Crippen LogP contribution in [0.1, 0.15) is 0 Å². The lowest BCUT2D eigenvalue weighted by Gasteiger charge is -1.77. The third-order valence-electron chi connectivity index (χ3n) is 0.463. The van der Waals surface area contributed by atoms with E-state index in [1.165, 1.54) is 0 Å². The summed E-state index contributed by atoms with van der Waals surface area (Å²) >= 11 is 0. The monoisotopic (exact) mass is 99.0 g/mol. The topological polar surface area (TPSA) is 55.7 Å². The first-order valence-electron chi connectivity index (χ1n) is 1.59. The van der Waals surface area contributed by atoms with E-state index in [0.717, 1.165) is 6.21 Å². The molecule has 0 aliphatic carbocycles. The first-order chi connectivity index (χ1) is 3.29. The molecule has 0 aromatic carbocycles. The predicted octanol–water partition coefficient (Wildman–Crippen LogP) is -0.266. The normalized spacial score (nSPS) is 17.7. The quantitative estimate of drug-likeness (QED) is 0.310. The van der Waals surface area contributed by atoms with Gasteiger partial charge in [-0.2, -0.15) is 4.99 Å². The second-order valence-electron chi connectivity index (χ2n) is 0.945. The Morgan fingerprint density at radius 3 is 2.43 bits per heavy atom. The van der Waals surface area contributed by atoms with Crippen LogP contribution in [0, 0.1) is 0 Å². The van der Waals surface area contributed by atoms with Gasteiger partial charge in [-0.05, 0) is 0 Å². The van der Waals surface area contributed by atoms with Gasteiger partial charge in [0.2, 0.25) is 0 Å². The lowest BCUT2D eigenvalue weighted by Crippen LogP contribution is -1.97. The maximum absolute atomic E-state index is 9.86. The maximum atomic E-state index is 9.86. The molecule has 1 amide bonds. The van der Waals surface area contributed by atoms with Gasteiger partial charge in [-0.1, -0.05) is 0 Å². The number of rotatable bonds is 0. The second-order valence-corrected chi connectivity index (χ2v) is 0.945. The first kappa shape index (κ1) is 3.98. The van der Waals surface area contributed by atoms with E-state index in [4.69, 9.17) is 0 Å². The molecule has 0 atom stereocenters. The summed E-state index contributed by atoms with van der Waals surface area (Å²) in [5.41, 5.74) is 0. The van der Waals surface area contributed by atoms with Crippen molar-refractivity contribution in [1.29, 1.82) is 0 Å². The number of cyclic esters (lactones) is 2. The molecule has 0 N–H and O–H groups in total. The zero-order chi connectivity index (χ0) is 5.28. The summed E-state index contributed by atoms with van der Waals surface area (Å²) in [7, 11) is 0. The van der Waals surface area contributed by atoms with Gasteiger partial charge in [0.05, 0.1) is 0 Å². The molecule has 1 heterocycles. The van der Waals surface area contributed by atoms with Gasteiger partial charge in [0.1, 0.15) is 6.21 Å². The van der Waals surface area contributed by atoms with Crippen molar-refractivity contribution in [2.75, 3.05) is 0 Å². The van der Waals surface area contributed by atoms with Gasteiger partial charge in [0.15, 0.2) is 0 Å². The average molecular weight is 99.0 g/mol. The molecule has 36 valence electrons. The Bertz CT molecular complexity index is 132. The highest BCUT2D eigenvalue weighted by Crippen LogP contribution is 1.89. The van der Waals surface area contributed by atoms with Gasteiger partial charge in [-0.3, -0.25) is 0 Å². The van der Waals surface area contributed by atoms with Crippen LogP contribution in [0.2, 0.25) is 0 Å². The van der Waals surface area contributed by atoms with E-state index in [2.05, 4.69) is 9.73 Å². The number of hydrogen-bond acceptors (Lipinski definition) is 3. The highest BCUT2D eigenvalue weighted by Gasteiger charge is 2.12. The molecule has 1 aliphatic heterocycles. The van der Waals surface area contributed by atoms with Gasteiger partial charge < -0.3 is 4.74 Å². The summed E-state index contributed by atoms with van der Waals surface area (Å²) in [6.07, 6.45) is 0.00694. The maximum Gasteiger partial charge on any atom is 0.441 e. The molecule has 7 heavy (non-hydrogen) atoms. The molecular formula is C3HNO3. The van der Waals surface area contributed by atoms with Gasteiger partial charge in [0, 0.05) is 0 Å². The fraction of sp³-hybridized carbons (Fsp3) is 0. The molecule has 1 aliphatic rings.